The molecule has 0 bridgehead atoms. The van der Waals surface area contributed by atoms with Gasteiger partial charge in [-0.15, -0.1) is 10.2 Å². The summed E-state index contributed by atoms with van der Waals surface area (Å²) in [6.07, 6.45) is 0. The molecule has 3 heterocycles. The second kappa shape index (κ2) is 7.74. The largest absolute Gasteiger partial charge is 0.446 e. The van der Waals surface area contributed by atoms with Gasteiger partial charge in [0.1, 0.15) is 5.76 Å². The van der Waals surface area contributed by atoms with Gasteiger partial charge in [0.25, 0.3) is 0 Å². The molecule has 0 amide bonds. The quantitative estimate of drug-likeness (QED) is 0.378. The molecular formula is C19H17BrN4O2S. The number of aryl methyl sites for hydroxylation is 2. The number of benzene rings is 1. The first kappa shape index (κ1) is 18.1. The molecule has 0 fully saturated rings. The number of furan rings is 1. The molecule has 4 rings (SSSR count). The number of rotatable bonds is 6. The lowest BCUT2D eigenvalue weighted by atomic mass is 10.2. The van der Waals surface area contributed by atoms with Crippen LogP contribution in [0.2, 0.25) is 0 Å². The maximum absolute atomic E-state index is 5.70. The Bertz CT molecular complexity index is 1040. The number of hydrogen-bond acceptors (Lipinski definition) is 6. The van der Waals surface area contributed by atoms with Crippen LogP contribution in [-0.2, 0) is 12.3 Å². The van der Waals surface area contributed by atoms with Gasteiger partial charge in [-0.2, -0.15) is 0 Å². The Balaban J connectivity index is 1.64. The predicted octanol–water partition coefficient (Wildman–Crippen LogP) is 5.25. The van der Waals surface area contributed by atoms with E-state index in [1.54, 1.807) is 11.8 Å². The van der Waals surface area contributed by atoms with Crippen LogP contribution in [0.25, 0.3) is 11.6 Å². The summed E-state index contributed by atoms with van der Waals surface area (Å²) in [5.41, 5.74) is 2.08. The summed E-state index contributed by atoms with van der Waals surface area (Å²) in [6, 6.07) is 13.9. The van der Waals surface area contributed by atoms with Crippen molar-refractivity contribution in [1.29, 1.82) is 0 Å². The topological polar surface area (TPSA) is 69.9 Å². The smallest absolute Gasteiger partial charge is 0.205 e. The van der Waals surface area contributed by atoms with Crippen LogP contribution in [0, 0.1) is 13.8 Å². The highest BCUT2D eigenvalue weighted by atomic mass is 79.9. The summed E-state index contributed by atoms with van der Waals surface area (Å²) in [7, 11) is 0. The number of hydrogen-bond donors (Lipinski definition) is 0. The first-order chi connectivity index (χ1) is 13.1. The maximum atomic E-state index is 5.70. The van der Waals surface area contributed by atoms with Crippen LogP contribution >= 0.6 is 27.7 Å². The first-order valence-electron chi connectivity index (χ1n) is 8.38. The fourth-order valence-corrected chi connectivity index (χ4v) is 3.74. The first-order valence-corrected chi connectivity index (χ1v) is 10.2. The molecule has 0 aliphatic heterocycles. The normalized spacial score (nSPS) is 11.2. The molecule has 138 valence electrons. The van der Waals surface area contributed by atoms with E-state index in [9.17, 15) is 0 Å². The van der Waals surface area contributed by atoms with Crippen LogP contribution in [0.5, 0.6) is 0 Å². The molecule has 0 N–H and O–H groups in total. The minimum atomic E-state index is 0.587. The van der Waals surface area contributed by atoms with Gasteiger partial charge in [-0.3, -0.25) is 4.57 Å². The van der Waals surface area contributed by atoms with Crippen molar-refractivity contribution in [3.05, 3.63) is 70.0 Å². The number of thioether (sulfide) groups is 1. The average Bonchev–Trinajstić information content (AvgIpc) is 3.34. The summed E-state index contributed by atoms with van der Waals surface area (Å²) in [5.74, 6) is 3.47. The molecule has 0 radical (unpaired) electrons. The van der Waals surface area contributed by atoms with Gasteiger partial charge in [0, 0.05) is 0 Å². The summed E-state index contributed by atoms with van der Waals surface area (Å²) in [5, 5.41) is 9.52. The number of nitrogens with zero attached hydrogens (tertiary/aromatic N) is 4. The Morgan fingerprint density at radius 1 is 1.04 bits per heavy atom. The van der Waals surface area contributed by atoms with E-state index in [1.807, 2.05) is 48.7 Å². The molecule has 1 aromatic carbocycles. The van der Waals surface area contributed by atoms with Crippen LogP contribution in [0.4, 0.5) is 0 Å². The minimum absolute atomic E-state index is 0.587. The zero-order valence-corrected chi connectivity index (χ0v) is 17.2. The lowest BCUT2D eigenvalue weighted by Gasteiger charge is -2.08. The zero-order chi connectivity index (χ0) is 18.8. The second-order valence-electron chi connectivity index (χ2n) is 6.02. The Labute approximate surface area is 169 Å². The Hall–Kier alpha value is -2.32. The van der Waals surface area contributed by atoms with Crippen molar-refractivity contribution < 1.29 is 8.83 Å². The van der Waals surface area contributed by atoms with E-state index in [2.05, 4.69) is 43.2 Å². The van der Waals surface area contributed by atoms with Crippen molar-refractivity contribution in [3.8, 4) is 11.6 Å². The highest BCUT2D eigenvalue weighted by Gasteiger charge is 2.18. The summed E-state index contributed by atoms with van der Waals surface area (Å²) < 4.78 is 14.1. The van der Waals surface area contributed by atoms with E-state index < -0.39 is 0 Å². The molecular weight excluding hydrogens is 428 g/mol. The minimum Gasteiger partial charge on any atom is -0.446 e. The highest BCUT2D eigenvalue weighted by Crippen LogP contribution is 2.29. The average molecular weight is 445 g/mol. The van der Waals surface area contributed by atoms with E-state index >= 15 is 0 Å². The molecule has 0 atom stereocenters. The van der Waals surface area contributed by atoms with Gasteiger partial charge in [-0.25, -0.2) is 4.98 Å². The molecule has 27 heavy (non-hydrogen) atoms. The fraction of sp³-hybridized carbons (Fsp3) is 0.211. The monoisotopic (exact) mass is 444 g/mol. The van der Waals surface area contributed by atoms with Gasteiger partial charge >= 0.3 is 0 Å². The van der Waals surface area contributed by atoms with Crippen molar-refractivity contribution in [2.45, 2.75) is 31.3 Å². The molecule has 0 aliphatic rings. The SMILES string of the molecule is Cc1nc(CSc2nnc(-c3ccc(Br)o3)n2Cc2ccccc2)oc1C. The van der Waals surface area contributed by atoms with E-state index in [1.165, 1.54) is 0 Å². The molecule has 3 aromatic heterocycles. The predicted molar refractivity (Wildman–Crippen MR) is 107 cm³/mol. The molecule has 8 heteroatoms. The van der Waals surface area contributed by atoms with E-state index in [-0.39, 0.29) is 0 Å². The van der Waals surface area contributed by atoms with Gasteiger partial charge in [-0.05, 0) is 47.5 Å². The third-order valence-corrected chi connectivity index (χ3v) is 5.47. The van der Waals surface area contributed by atoms with Crippen LogP contribution in [0.15, 0.2) is 61.1 Å². The van der Waals surface area contributed by atoms with Crippen LogP contribution in [-0.4, -0.2) is 19.7 Å². The summed E-state index contributed by atoms with van der Waals surface area (Å²) >= 11 is 4.89. The van der Waals surface area contributed by atoms with Gasteiger partial charge in [0.2, 0.25) is 11.7 Å². The number of oxazole rings is 1. The van der Waals surface area contributed by atoms with Crippen molar-refractivity contribution in [2.75, 3.05) is 0 Å². The molecule has 6 nitrogen and oxygen atoms in total. The molecule has 0 saturated heterocycles. The van der Waals surface area contributed by atoms with Crippen molar-refractivity contribution in [2.24, 2.45) is 0 Å². The van der Waals surface area contributed by atoms with Gasteiger partial charge in [0.05, 0.1) is 18.0 Å². The molecule has 0 unspecified atom stereocenters. The van der Waals surface area contributed by atoms with E-state index in [0.717, 1.165) is 22.2 Å². The maximum Gasteiger partial charge on any atom is 0.205 e. The van der Waals surface area contributed by atoms with Gasteiger partial charge < -0.3 is 8.83 Å². The summed E-state index contributed by atoms with van der Waals surface area (Å²) in [4.78, 5) is 4.44. The lowest BCUT2D eigenvalue weighted by Crippen LogP contribution is -2.04. The Kier molecular flexibility index (Phi) is 5.18. The van der Waals surface area contributed by atoms with E-state index in [0.29, 0.717) is 34.4 Å². The fourth-order valence-electron chi connectivity index (χ4n) is 2.65. The van der Waals surface area contributed by atoms with Crippen LogP contribution in [0.3, 0.4) is 0 Å². The zero-order valence-electron chi connectivity index (χ0n) is 14.8. The number of halogens is 1. The summed E-state index contributed by atoms with van der Waals surface area (Å²) in [6.45, 7) is 4.51. The molecule has 0 saturated carbocycles. The van der Waals surface area contributed by atoms with Crippen LogP contribution in [0.1, 0.15) is 22.9 Å². The third kappa shape index (κ3) is 4.01. The molecule has 0 aliphatic carbocycles. The van der Waals surface area contributed by atoms with E-state index in [4.69, 9.17) is 8.83 Å². The van der Waals surface area contributed by atoms with Gasteiger partial charge in [-0.1, -0.05) is 42.1 Å². The highest BCUT2D eigenvalue weighted by molar-refractivity contribution is 9.10. The molecule has 0 spiro atoms. The second-order valence-corrected chi connectivity index (χ2v) is 7.74. The van der Waals surface area contributed by atoms with Crippen molar-refractivity contribution in [3.63, 3.8) is 0 Å². The Morgan fingerprint density at radius 2 is 1.85 bits per heavy atom. The van der Waals surface area contributed by atoms with Gasteiger partial charge in [0.15, 0.2) is 15.6 Å². The van der Waals surface area contributed by atoms with Crippen molar-refractivity contribution in [1.82, 2.24) is 19.7 Å². The lowest BCUT2D eigenvalue weighted by molar-refractivity contribution is 0.489. The Morgan fingerprint density at radius 3 is 2.52 bits per heavy atom. The third-order valence-electron chi connectivity index (χ3n) is 4.09. The molecule has 4 aromatic rings. The van der Waals surface area contributed by atoms with Crippen LogP contribution < -0.4 is 0 Å². The van der Waals surface area contributed by atoms with Crippen molar-refractivity contribution >= 4 is 27.7 Å². The standard InChI is InChI=1S/C19H17BrN4O2S/c1-12-13(2)25-17(21-12)11-27-19-23-22-18(15-8-9-16(20)26-15)24(19)10-14-6-4-3-5-7-14/h3-9H,10-11H2,1-2H3. The number of aromatic nitrogens is 4.